The first-order chi connectivity index (χ1) is 12.6. The van der Waals surface area contributed by atoms with Crippen LogP contribution >= 0.6 is 0 Å². The number of benzene rings is 2. The summed E-state index contributed by atoms with van der Waals surface area (Å²) in [5.74, 6) is 1.13. The first-order valence-electron chi connectivity index (χ1n) is 7.74. The quantitative estimate of drug-likeness (QED) is 0.390. The van der Waals surface area contributed by atoms with Crippen LogP contribution in [0.25, 0.3) is 22.8 Å². The van der Waals surface area contributed by atoms with Crippen LogP contribution in [0.5, 0.6) is 5.75 Å². The fraction of sp³-hybridized carbons (Fsp3) is 0.111. The average molecular weight is 352 g/mol. The summed E-state index contributed by atoms with van der Waals surface area (Å²) in [6, 6.07) is 11.9. The Kier molecular flexibility index (Phi) is 4.93. The molecule has 0 saturated heterocycles. The van der Waals surface area contributed by atoms with Gasteiger partial charge in [-0.1, -0.05) is 23.4 Å². The molecule has 0 aliphatic heterocycles. The highest BCUT2D eigenvalue weighted by Crippen LogP contribution is 2.32. The number of hydrogen-bond acceptors (Lipinski definition) is 7. The molecule has 0 fully saturated rings. The molecule has 0 amide bonds. The maximum absolute atomic E-state index is 11.3. The molecule has 0 saturated carbocycles. The molecule has 8 nitrogen and oxygen atoms in total. The molecule has 0 spiro atoms. The molecule has 0 bridgehead atoms. The van der Waals surface area contributed by atoms with Crippen molar-refractivity contribution < 1.29 is 14.2 Å². The van der Waals surface area contributed by atoms with E-state index < -0.39 is 4.92 Å². The van der Waals surface area contributed by atoms with Gasteiger partial charge in [-0.05, 0) is 24.3 Å². The lowest BCUT2D eigenvalue weighted by molar-refractivity contribution is -0.383. The zero-order valence-corrected chi connectivity index (χ0v) is 14.0. The molecule has 3 rings (SSSR count). The van der Waals surface area contributed by atoms with Crippen LogP contribution in [0.1, 0.15) is 0 Å². The minimum absolute atomic E-state index is 0.0820. The Morgan fingerprint density at radius 3 is 2.88 bits per heavy atom. The Bertz CT molecular complexity index is 952. The maximum Gasteiger partial charge on any atom is 0.293 e. The summed E-state index contributed by atoms with van der Waals surface area (Å²) in [5, 5.41) is 18.2. The molecule has 8 heteroatoms. The zero-order chi connectivity index (χ0) is 18.5. The molecule has 0 aliphatic carbocycles. The second-order valence-electron chi connectivity index (χ2n) is 5.28. The number of nitrogens with zero attached hydrogens (tertiary/aromatic N) is 3. The maximum atomic E-state index is 11.3. The van der Waals surface area contributed by atoms with E-state index in [4.69, 9.17) is 9.26 Å². The van der Waals surface area contributed by atoms with Crippen LogP contribution in [-0.2, 0) is 0 Å². The van der Waals surface area contributed by atoms with Crippen LogP contribution in [-0.4, -0.2) is 28.7 Å². The van der Waals surface area contributed by atoms with E-state index in [1.165, 1.54) is 6.07 Å². The minimum atomic E-state index is -0.466. The largest absolute Gasteiger partial charge is 0.496 e. The second-order valence-corrected chi connectivity index (χ2v) is 5.28. The van der Waals surface area contributed by atoms with Crippen LogP contribution in [0.15, 0.2) is 59.6 Å². The molecule has 1 aromatic heterocycles. The molecule has 2 aromatic carbocycles. The Balaban J connectivity index is 1.97. The van der Waals surface area contributed by atoms with Crippen LogP contribution in [0, 0.1) is 10.1 Å². The van der Waals surface area contributed by atoms with E-state index >= 15 is 0 Å². The topological polar surface area (TPSA) is 103 Å². The van der Waals surface area contributed by atoms with Crippen LogP contribution in [0.2, 0.25) is 0 Å². The Labute approximate surface area is 149 Å². The Morgan fingerprint density at radius 2 is 2.15 bits per heavy atom. The lowest BCUT2D eigenvalue weighted by Gasteiger charge is -2.05. The van der Waals surface area contributed by atoms with Crippen molar-refractivity contribution in [3.8, 4) is 28.6 Å². The number of hydrogen-bond donors (Lipinski definition) is 1. The lowest BCUT2D eigenvalue weighted by Crippen LogP contribution is -2.02. The number of aromatic nitrogens is 2. The van der Waals surface area contributed by atoms with E-state index in [2.05, 4.69) is 22.0 Å². The third-order valence-corrected chi connectivity index (χ3v) is 3.65. The third kappa shape index (κ3) is 3.39. The Hall–Kier alpha value is -3.68. The van der Waals surface area contributed by atoms with Gasteiger partial charge in [-0.3, -0.25) is 10.1 Å². The number of ether oxygens (including phenoxy) is 1. The zero-order valence-electron chi connectivity index (χ0n) is 14.0. The van der Waals surface area contributed by atoms with E-state index in [1.54, 1.807) is 37.5 Å². The summed E-state index contributed by atoms with van der Waals surface area (Å²) in [6.45, 7) is 4.00. The normalized spacial score (nSPS) is 10.3. The predicted molar refractivity (Wildman–Crippen MR) is 97.1 cm³/mol. The van der Waals surface area contributed by atoms with Crippen molar-refractivity contribution in [2.45, 2.75) is 0 Å². The number of nitro groups is 1. The molecule has 132 valence electrons. The van der Waals surface area contributed by atoms with E-state index in [0.717, 1.165) is 0 Å². The van der Waals surface area contributed by atoms with Gasteiger partial charge in [-0.15, -0.1) is 6.58 Å². The van der Waals surface area contributed by atoms with Gasteiger partial charge in [-0.25, -0.2) is 0 Å². The van der Waals surface area contributed by atoms with Crippen molar-refractivity contribution in [3.05, 3.63) is 65.2 Å². The third-order valence-electron chi connectivity index (χ3n) is 3.65. The van der Waals surface area contributed by atoms with Crippen LogP contribution in [0.4, 0.5) is 11.4 Å². The van der Waals surface area contributed by atoms with Crippen molar-refractivity contribution in [1.29, 1.82) is 0 Å². The van der Waals surface area contributed by atoms with Crippen LogP contribution in [0.3, 0.4) is 0 Å². The van der Waals surface area contributed by atoms with Crippen molar-refractivity contribution in [3.63, 3.8) is 0 Å². The van der Waals surface area contributed by atoms with Gasteiger partial charge in [0.2, 0.25) is 5.82 Å². The molecule has 1 N–H and O–H groups in total. The summed E-state index contributed by atoms with van der Waals surface area (Å²) in [5.41, 5.74) is 1.43. The van der Waals surface area contributed by atoms with Gasteiger partial charge in [0.05, 0.1) is 17.6 Å². The fourth-order valence-corrected chi connectivity index (χ4v) is 2.43. The van der Waals surface area contributed by atoms with Gasteiger partial charge in [-0.2, -0.15) is 4.98 Å². The van der Waals surface area contributed by atoms with Gasteiger partial charge in [0, 0.05) is 18.2 Å². The van der Waals surface area contributed by atoms with E-state index in [0.29, 0.717) is 34.9 Å². The summed E-state index contributed by atoms with van der Waals surface area (Å²) in [4.78, 5) is 15.2. The van der Waals surface area contributed by atoms with Crippen molar-refractivity contribution in [1.82, 2.24) is 10.1 Å². The summed E-state index contributed by atoms with van der Waals surface area (Å²) >= 11 is 0. The van der Waals surface area contributed by atoms with E-state index in [1.807, 2.05) is 12.1 Å². The number of methoxy groups -OCH3 is 1. The predicted octanol–water partition coefficient (Wildman–Crippen LogP) is 3.92. The summed E-state index contributed by atoms with van der Waals surface area (Å²) in [6.07, 6.45) is 1.62. The molecular formula is C18H16N4O4. The number of nitrogens with one attached hydrogen (secondary N) is 1. The highest BCUT2D eigenvalue weighted by atomic mass is 16.6. The molecule has 0 aliphatic rings. The molecule has 0 atom stereocenters. The monoisotopic (exact) mass is 352 g/mol. The van der Waals surface area contributed by atoms with E-state index in [9.17, 15) is 10.1 Å². The second kappa shape index (κ2) is 7.47. The number of rotatable bonds is 7. The van der Waals surface area contributed by atoms with Gasteiger partial charge >= 0.3 is 0 Å². The number of anilines is 1. The van der Waals surface area contributed by atoms with Gasteiger partial charge in [0.1, 0.15) is 11.4 Å². The molecule has 0 unspecified atom stereocenters. The molecule has 26 heavy (non-hydrogen) atoms. The summed E-state index contributed by atoms with van der Waals surface area (Å²) < 4.78 is 10.6. The first kappa shape index (κ1) is 17.2. The lowest BCUT2D eigenvalue weighted by atomic mass is 10.1. The van der Waals surface area contributed by atoms with Crippen molar-refractivity contribution in [2.24, 2.45) is 0 Å². The van der Waals surface area contributed by atoms with Gasteiger partial charge in [0.25, 0.3) is 11.6 Å². The smallest absolute Gasteiger partial charge is 0.293 e. The van der Waals surface area contributed by atoms with Crippen molar-refractivity contribution >= 4 is 11.4 Å². The summed E-state index contributed by atoms with van der Waals surface area (Å²) in [7, 11) is 1.55. The fourth-order valence-electron chi connectivity index (χ4n) is 2.43. The van der Waals surface area contributed by atoms with Crippen molar-refractivity contribution in [2.75, 3.05) is 19.0 Å². The molecule has 1 heterocycles. The highest BCUT2D eigenvalue weighted by Gasteiger charge is 2.19. The average Bonchev–Trinajstić information content (AvgIpc) is 3.16. The molecule has 0 radical (unpaired) electrons. The SMILES string of the molecule is C=CCNc1ccc(-c2nc(-c3ccccc3OC)no2)cc1[N+](=O)[O-]. The standard InChI is InChI=1S/C18H16N4O4/c1-3-10-19-14-9-8-12(11-15(14)22(23)24)18-20-17(21-26-18)13-6-4-5-7-16(13)25-2/h3-9,11,19H,1,10H2,2H3. The first-order valence-corrected chi connectivity index (χ1v) is 7.74. The molecular weight excluding hydrogens is 336 g/mol. The van der Waals surface area contributed by atoms with Crippen LogP contribution < -0.4 is 10.1 Å². The van der Waals surface area contributed by atoms with Gasteiger partial charge < -0.3 is 14.6 Å². The molecule has 3 aromatic rings. The Morgan fingerprint density at radius 1 is 1.35 bits per heavy atom. The van der Waals surface area contributed by atoms with Gasteiger partial charge in [0.15, 0.2) is 0 Å². The minimum Gasteiger partial charge on any atom is -0.496 e. The van der Waals surface area contributed by atoms with E-state index in [-0.39, 0.29) is 11.6 Å². The highest BCUT2D eigenvalue weighted by molar-refractivity contribution is 5.71. The number of nitro benzene ring substituents is 1. The number of para-hydroxylation sites is 1.